The molecule has 166 valence electrons. The molecule has 0 heterocycles. The molecule has 0 saturated heterocycles. The minimum absolute atomic E-state index is 0.0481. The van der Waals surface area contributed by atoms with Gasteiger partial charge in [-0.25, -0.2) is 14.0 Å². The first-order valence-corrected chi connectivity index (χ1v) is 10.4. The Hall–Kier alpha value is -3.00. The second-order valence-corrected chi connectivity index (χ2v) is 8.36. The van der Waals surface area contributed by atoms with Crippen molar-refractivity contribution in [2.75, 3.05) is 14.2 Å². The van der Waals surface area contributed by atoms with Crippen molar-refractivity contribution in [1.29, 1.82) is 0 Å². The molecule has 0 bridgehead atoms. The lowest BCUT2D eigenvalue weighted by Gasteiger charge is -2.22. The van der Waals surface area contributed by atoms with Crippen molar-refractivity contribution in [2.24, 2.45) is 0 Å². The van der Waals surface area contributed by atoms with Crippen molar-refractivity contribution in [2.45, 2.75) is 37.0 Å². The SMILES string of the molecule is CO/C=C(/Oc1ccc(F)c(CSc2ccccc2)c1C(=O)OC(C)(C)C)C(=O)OC. The fourth-order valence-corrected chi connectivity index (χ4v) is 3.43. The van der Waals surface area contributed by atoms with Gasteiger partial charge in [-0.1, -0.05) is 18.2 Å². The van der Waals surface area contributed by atoms with Gasteiger partial charge < -0.3 is 18.9 Å². The molecule has 0 atom stereocenters. The molecule has 0 radical (unpaired) electrons. The Labute approximate surface area is 185 Å². The summed E-state index contributed by atoms with van der Waals surface area (Å²) in [7, 11) is 2.50. The van der Waals surface area contributed by atoms with E-state index in [-0.39, 0.29) is 28.4 Å². The maximum atomic E-state index is 14.8. The van der Waals surface area contributed by atoms with Crippen LogP contribution in [-0.2, 0) is 24.8 Å². The number of rotatable bonds is 8. The average Bonchev–Trinajstić information content (AvgIpc) is 2.72. The zero-order valence-corrected chi connectivity index (χ0v) is 18.9. The summed E-state index contributed by atoms with van der Waals surface area (Å²) in [5.41, 5.74) is -0.829. The minimum Gasteiger partial charge on any atom is -0.500 e. The van der Waals surface area contributed by atoms with Crippen LogP contribution in [0, 0.1) is 5.82 Å². The molecule has 0 aliphatic heterocycles. The zero-order chi connectivity index (χ0) is 23.0. The summed E-state index contributed by atoms with van der Waals surface area (Å²) < 4.78 is 35.4. The Bertz CT molecular complexity index is 951. The van der Waals surface area contributed by atoms with Gasteiger partial charge in [0, 0.05) is 16.2 Å². The van der Waals surface area contributed by atoms with E-state index in [1.54, 1.807) is 20.8 Å². The third-order valence-corrected chi connectivity index (χ3v) is 4.82. The first-order chi connectivity index (χ1) is 14.7. The summed E-state index contributed by atoms with van der Waals surface area (Å²) in [6, 6.07) is 11.8. The van der Waals surface area contributed by atoms with E-state index in [4.69, 9.17) is 14.2 Å². The smallest absolute Gasteiger partial charge is 0.377 e. The third kappa shape index (κ3) is 7.03. The third-order valence-electron chi connectivity index (χ3n) is 3.78. The van der Waals surface area contributed by atoms with Gasteiger partial charge >= 0.3 is 11.9 Å². The van der Waals surface area contributed by atoms with Crippen molar-refractivity contribution in [3.63, 3.8) is 0 Å². The number of carbonyl (C=O) groups excluding carboxylic acids is 2. The van der Waals surface area contributed by atoms with E-state index in [1.165, 1.54) is 38.1 Å². The molecule has 2 aromatic rings. The number of esters is 2. The van der Waals surface area contributed by atoms with E-state index < -0.39 is 23.4 Å². The Morgan fingerprint density at radius 3 is 2.32 bits per heavy atom. The maximum Gasteiger partial charge on any atom is 0.377 e. The number of carbonyl (C=O) groups is 2. The lowest BCUT2D eigenvalue weighted by Crippen LogP contribution is -2.25. The molecular formula is C23H25FO6S. The van der Waals surface area contributed by atoms with E-state index in [1.807, 2.05) is 30.3 Å². The van der Waals surface area contributed by atoms with Crippen LogP contribution >= 0.6 is 11.8 Å². The molecule has 6 nitrogen and oxygen atoms in total. The molecule has 8 heteroatoms. The van der Waals surface area contributed by atoms with Crippen molar-refractivity contribution >= 4 is 23.7 Å². The van der Waals surface area contributed by atoms with Crippen molar-refractivity contribution < 1.29 is 32.9 Å². The molecule has 0 spiro atoms. The van der Waals surface area contributed by atoms with E-state index in [0.717, 1.165) is 11.2 Å². The summed E-state index contributed by atoms with van der Waals surface area (Å²) in [5, 5.41) is 0. The Balaban J connectivity index is 2.52. The molecule has 0 amide bonds. The monoisotopic (exact) mass is 448 g/mol. The predicted molar refractivity (Wildman–Crippen MR) is 115 cm³/mol. The highest BCUT2D eigenvalue weighted by atomic mass is 32.2. The number of hydrogen-bond acceptors (Lipinski definition) is 7. The summed E-state index contributed by atoms with van der Waals surface area (Å²) in [4.78, 5) is 25.9. The molecule has 0 aliphatic carbocycles. The highest BCUT2D eigenvalue weighted by Crippen LogP contribution is 2.33. The van der Waals surface area contributed by atoms with Crippen LogP contribution in [0.5, 0.6) is 5.75 Å². The van der Waals surface area contributed by atoms with Crippen molar-refractivity contribution in [3.8, 4) is 5.75 Å². The Morgan fingerprint density at radius 1 is 1.06 bits per heavy atom. The second kappa shape index (κ2) is 10.9. The number of benzene rings is 2. The first kappa shape index (κ1) is 24.3. The van der Waals surface area contributed by atoms with Crippen LogP contribution in [0.4, 0.5) is 4.39 Å². The molecule has 2 aromatic carbocycles. The van der Waals surface area contributed by atoms with Gasteiger partial charge in [0.25, 0.3) is 0 Å². The number of halogens is 1. The molecular weight excluding hydrogens is 423 g/mol. The highest BCUT2D eigenvalue weighted by Gasteiger charge is 2.28. The molecule has 2 rings (SSSR count). The maximum absolute atomic E-state index is 14.8. The molecule has 0 fully saturated rings. The van der Waals surface area contributed by atoms with Crippen LogP contribution in [0.3, 0.4) is 0 Å². The van der Waals surface area contributed by atoms with Gasteiger partial charge in [-0.3, -0.25) is 0 Å². The van der Waals surface area contributed by atoms with E-state index >= 15 is 0 Å². The van der Waals surface area contributed by atoms with Crippen molar-refractivity contribution in [3.05, 3.63) is 71.4 Å². The van der Waals surface area contributed by atoms with Crippen LogP contribution in [0.15, 0.2) is 59.4 Å². The molecule has 0 aliphatic rings. The number of ether oxygens (including phenoxy) is 4. The number of thioether (sulfide) groups is 1. The normalized spacial score (nSPS) is 11.6. The highest BCUT2D eigenvalue weighted by molar-refractivity contribution is 7.98. The summed E-state index contributed by atoms with van der Waals surface area (Å²) >= 11 is 1.35. The fourth-order valence-electron chi connectivity index (χ4n) is 2.49. The largest absolute Gasteiger partial charge is 0.500 e. The van der Waals surface area contributed by atoms with Gasteiger partial charge in [-0.15, -0.1) is 11.8 Å². The topological polar surface area (TPSA) is 71.1 Å². The number of hydrogen-bond donors (Lipinski definition) is 0. The van der Waals surface area contributed by atoms with Gasteiger partial charge in [-0.2, -0.15) is 0 Å². The predicted octanol–water partition coefficient (Wildman–Crippen LogP) is 5.11. The molecule has 0 saturated carbocycles. The first-order valence-electron chi connectivity index (χ1n) is 9.38. The molecule has 0 aromatic heterocycles. The molecule has 0 unspecified atom stereocenters. The fraction of sp³-hybridized carbons (Fsp3) is 0.304. The second-order valence-electron chi connectivity index (χ2n) is 7.31. The van der Waals surface area contributed by atoms with E-state index in [9.17, 15) is 14.0 Å². The number of methoxy groups -OCH3 is 2. The van der Waals surface area contributed by atoms with Gasteiger partial charge in [0.1, 0.15) is 29.0 Å². The van der Waals surface area contributed by atoms with Crippen LogP contribution in [0.2, 0.25) is 0 Å². The average molecular weight is 449 g/mol. The van der Waals surface area contributed by atoms with Gasteiger partial charge in [0.2, 0.25) is 5.76 Å². The Kier molecular flexibility index (Phi) is 8.50. The Morgan fingerprint density at radius 2 is 1.74 bits per heavy atom. The standard InChI is InChI=1S/C23H25FO6S/c1-23(2,3)30-22(26)20-16(14-31-15-9-7-6-8-10-15)17(24)11-12-18(20)29-19(13-27-4)21(25)28-5/h6-13H,14H2,1-5H3/b19-13+. The van der Waals surface area contributed by atoms with Gasteiger partial charge in [-0.05, 0) is 45.0 Å². The van der Waals surface area contributed by atoms with Crippen LogP contribution in [0.25, 0.3) is 0 Å². The van der Waals surface area contributed by atoms with E-state index in [0.29, 0.717) is 0 Å². The van der Waals surface area contributed by atoms with Crippen LogP contribution < -0.4 is 4.74 Å². The molecule has 31 heavy (non-hydrogen) atoms. The van der Waals surface area contributed by atoms with Gasteiger partial charge in [0.15, 0.2) is 0 Å². The lowest BCUT2D eigenvalue weighted by atomic mass is 10.1. The van der Waals surface area contributed by atoms with E-state index in [2.05, 4.69) is 4.74 Å². The quantitative estimate of drug-likeness (QED) is 0.240. The van der Waals surface area contributed by atoms with Crippen LogP contribution in [-0.4, -0.2) is 31.8 Å². The summed E-state index contributed by atoms with van der Waals surface area (Å²) in [5.74, 6) is -2.39. The minimum atomic E-state index is -0.821. The van der Waals surface area contributed by atoms with Crippen LogP contribution in [0.1, 0.15) is 36.7 Å². The van der Waals surface area contributed by atoms with Gasteiger partial charge in [0.05, 0.1) is 14.2 Å². The summed E-state index contributed by atoms with van der Waals surface area (Å²) in [6.07, 6.45) is 1.03. The van der Waals surface area contributed by atoms with Crippen molar-refractivity contribution in [1.82, 2.24) is 0 Å². The lowest BCUT2D eigenvalue weighted by molar-refractivity contribution is -0.138. The summed E-state index contributed by atoms with van der Waals surface area (Å²) in [6.45, 7) is 5.11. The molecule has 0 N–H and O–H groups in total. The zero-order valence-electron chi connectivity index (χ0n) is 18.1.